The van der Waals surface area contributed by atoms with Crippen molar-refractivity contribution in [3.05, 3.63) is 167 Å². The van der Waals surface area contributed by atoms with E-state index in [1.807, 2.05) is 78.9 Å². The Morgan fingerprint density at radius 2 is 1.07 bits per heavy atom. The first-order chi connectivity index (χ1) is 20.7. The molecule has 5 aromatic rings. The number of benzene rings is 5. The number of aliphatic hydroxyl groups is 1. The van der Waals surface area contributed by atoms with Crippen molar-refractivity contribution in [1.82, 2.24) is 0 Å². The van der Waals surface area contributed by atoms with Crippen molar-refractivity contribution in [2.75, 3.05) is 19.8 Å². The number of hydrogen-bond acceptors (Lipinski definition) is 4. The van der Waals surface area contributed by atoms with E-state index in [9.17, 15) is 9.90 Å². The molecule has 4 nitrogen and oxygen atoms in total. The molecule has 0 radical (unpaired) electrons. The van der Waals surface area contributed by atoms with Crippen molar-refractivity contribution in [3.63, 3.8) is 0 Å². The summed E-state index contributed by atoms with van der Waals surface area (Å²) < 4.78 is 12.7. The lowest BCUT2D eigenvalue weighted by atomic mass is 9.80. The molecule has 0 aliphatic heterocycles. The minimum absolute atomic E-state index is 0.00734. The van der Waals surface area contributed by atoms with Crippen molar-refractivity contribution < 1.29 is 19.4 Å². The highest BCUT2D eigenvalue weighted by atomic mass is 16.5. The molecule has 4 heteroatoms. The summed E-state index contributed by atoms with van der Waals surface area (Å²) in [6.07, 6.45) is 0.0565. The second-order valence-corrected chi connectivity index (χ2v) is 10.8. The quantitative estimate of drug-likeness (QED) is 0.137. The van der Waals surface area contributed by atoms with Crippen molar-refractivity contribution in [1.29, 1.82) is 0 Å². The Bertz CT molecular complexity index is 1470. The molecule has 0 spiro atoms. The standard InChI is InChI=1S/C38H34O4/c39-25-28(24-37(40)41-27-36-34-22-12-10-20-32(34)33-21-11-13-23-35(33)36)26-42-38(29-14-4-1-5-15-29,30-16-6-2-7-17-30)31-18-8-3-9-19-31/h1-23,28,36,39H,24-27H2/t28-/m1/s1. The van der Waals surface area contributed by atoms with Gasteiger partial charge in [-0.3, -0.25) is 4.79 Å². The smallest absolute Gasteiger partial charge is 0.306 e. The average molecular weight is 555 g/mol. The Morgan fingerprint density at radius 1 is 0.643 bits per heavy atom. The van der Waals surface area contributed by atoms with Gasteiger partial charge in [-0.2, -0.15) is 0 Å². The summed E-state index contributed by atoms with van der Waals surface area (Å²) in [4.78, 5) is 13.1. The largest absolute Gasteiger partial charge is 0.465 e. The highest BCUT2D eigenvalue weighted by Crippen LogP contribution is 2.45. The maximum atomic E-state index is 13.1. The molecule has 0 saturated heterocycles. The summed E-state index contributed by atoms with van der Waals surface area (Å²) in [7, 11) is 0. The fourth-order valence-corrected chi connectivity index (χ4v) is 6.10. The van der Waals surface area contributed by atoms with Gasteiger partial charge in [0.15, 0.2) is 0 Å². The van der Waals surface area contributed by atoms with Gasteiger partial charge in [-0.25, -0.2) is 0 Å². The second-order valence-electron chi connectivity index (χ2n) is 10.8. The Balaban J connectivity index is 1.20. The minimum atomic E-state index is -0.918. The molecular weight excluding hydrogens is 520 g/mol. The van der Waals surface area contributed by atoms with Gasteiger partial charge in [-0.1, -0.05) is 140 Å². The van der Waals surface area contributed by atoms with Crippen LogP contribution >= 0.6 is 0 Å². The summed E-state index contributed by atoms with van der Waals surface area (Å²) in [5, 5.41) is 10.3. The number of fused-ring (bicyclic) bond motifs is 3. The molecule has 0 amide bonds. The van der Waals surface area contributed by atoms with Gasteiger partial charge in [-0.05, 0) is 38.9 Å². The van der Waals surface area contributed by atoms with Crippen LogP contribution < -0.4 is 0 Å². The van der Waals surface area contributed by atoms with Crippen LogP contribution in [0.5, 0.6) is 0 Å². The van der Waals surface area contributed by atoms with E-state index in [4.69, 9.17) is 9.47 Å². The number of aliphatic hydroxyl groups excluding tert-OH is 1. The molecule has 5 aromatic carbocycles. The van der Waals surface area contributed by atoms with Crippen LogP contribution in [0.25, 0.3) is 11.1 Å². The van der Waals surface area contributed by atoms with E-state index < -0.39 is 11.5 Å². The maximum absolute atomic E-state index is 13.1. The van der Waals surface area contributed by atoms with E-state index in [0.29, 0.717) is 0 Å². The zero-order valence-electron chi connectivity index (χ0n) is 23.4. The molecular formula is C38H34O4. The number of carbonyl (C=O) groups is 1. The van der Waals surface area contributed by atoms with E-state index in [2.05, 4.69) is 60.7 Å². The van der Waals surface area contributed by atoms with Gasteiger partial charge in [-0.15, -0.1) is 0 Å². The third-order valence-corrected chi connectivity index (χ3v) is 8.16. The summed E-state index contributed by atoms with van der Waals surface area (Å²) >= 11 is 0. The zero-order chi connectivity index (χ0) is 28.8. The van der Waals surface area contributed by atoms with E-state index in [0.717, 1.165) is 16.7 Å². The molecule has 210 valence electrons. The molecule has 1 N–H and O–H groups in total. The van der Waals surface area contributed by atoms with Crippen LogP contribution in [-0.4, -0.2) is 30.9 Å². The van der Waals surface area contributed by atoms with Crippen molar-refractivity contribution >= 4 is 5.97 Å². The van der Waals surface area contributed by atoms with E-state index >= 15 is 0 Å². The Kier molecular flexibility index (Phi) is 8.27. The SMILES string of the molecule is O=C(C[C@H](CO)COC(c1ccccc1)(c1ccccc1)c1ccccc1)OCC1c2ccccc2-c2ccccc21. The van der Waals surface area contributed by atoms with Gasteiger partial charge >= 0.3 is 5.97 Å². The lowest BCUT2D eigenvalue weighted by Crippen LogP contribution is -2.35. The summed E-state index contributed by atoms with van der Waals surface area (Å²) in [5.41, 5.74) is 6.72. The van der Waals surface area contributed by atoms with Crippen LogP contribution in [0, 0.1) is 5.92 Å². The molecule has 1 aliphatic carbocycles. The first kappa shape index (κ1) is 27.6. The molecule has 0 heterocycles. The first-order valence-electron chi connectivity index (χ1n) is 14.5. The summed E-state index contributed by atoms with van der Waals surface area (Å²) in [6.45, 7) is 0.228. The Labute approximate surface area is 247 Å². The van der Waals surface area contributed by atoms with Gasteiger partial charge < -0.3 is 14.6 Å². The molecule has 1 atom stereocenters. The lowest BCUT2D eigenvalue weighted by Gasteiger charge is -2.37. The van der Waals surface area contributed by atoms with Crippen molar-refractivity contribution in [2.45, 2.75) is 17.9 Å². The second kappa shape index (κ2) is 12.6. The van der Waals surface area contributed by atoms with Gasteiger partial charge in [0.2, 0.25) is 0 Å². The zero-order valence-corrected chi connectivity index (χ0v) is 23.4. The van der Waals surface area contributed by atoms with Gasteiger partial charge in [0.25, 0.3) is 0 Å². The highest BCUT2D eigenvalue weighted by Gasteiger charge is 2.38. The number of ether oxygens (including phenoxy) is 2. The van der Waals surface area contributed by atoms with Crippen molar-refractivity contribution in [3.8, 4) is 11.1 Å². The molecule has 42 heavy (non-hydrogen) atoms. The summed E-state index contributed by atoms with van der Waals surface area (Å²) in [5.74, 6) is -0.785. The lowest BCUT2D eigenvalue weighted by molar-refractivity contribution is -0.146. The minimum Gasteiger partial charge on any atom is -0.465 e. The van der Waals surface area contributed by atoms with Gasteiger partial charge in [0.05, 0.1) is 13.0 Å². The van der Waals surface area contributed by atoms with Gasteiger partial charge in [0, 0.05) is 18.4 Å². The molecule has 1 aliphatic rings. The first-order valence-corrected chi connectivity index (χ1v) is 14.5. The third-order valence-electron chi connectivity index (χ3n) is 8.16. The van der Waals surface area contributed by atoms with Crippen LogP contribution in [-0.2, 0) is 19.9 Å². The van der Waals surface area contributed by atoms with Gasteiger partial charge in [0.1, 0.15) is 12.2 Å². The molecule has 0 bridgehead atoms. The molecule has 6 rings (SSSR count). The summed E-state index contributed by atoms with van der Waals surface area (Å²) in [6, 6.07) is 46.9. The van der Waals surface area contributed by atoms with Crippen LogP contribution in [0.1, 0.15) is 40.2 Å². The van der Waals surface area contributed by atoms with Crippen LogP contribution in [0.2, 0.25) is 0 Å². The van der Waals surface area contributed by atoms with Crippen LogP contribution in [0.15, 0.2) is 140 Å². The van der Waals surface area contributed by atoms with Crippen LogP contribution in [0.4, 0.5) is 0 Å². The van der Waals surface area contributed by atoms with E-state index in [-0.39, 0.29) is 38.1 Å². The number of rotatable bonds is 11. The van der Waals surface area contributed by atoms with Crippen molar-refractivity contribution in [2.24, 2.45) is 5.92 Å². The van der Waals surface area contributed by atoms with E-state index in [1.54, 1.807) is 0 Å². The fourth-order valence-electron chi connectivity index (χ4n) is 6.10. The molecule has 0 aromatic heterocycles. The predicted molar refractivity (Wildman–Crippen MR) is 165 cm³/mol. The number of esters is 1. The third kappa shape index (κ3) is 5.39. The van der Waals surface area contributed by atoms with E-state index in [1.165, 1.54) is 22.3 Å². The van der Waals surface area contributed by atoms with Crippen LogP contribution in [0.3, 0.4) is 0 Å². The molecule has 0 unspecified atom stereocenters. The topological polar surface area (TPSA) is 55.8 Å². The normalized spacial score (nSPS) is 13.3. The number of carbonyl (C=O) groups excluding carboxylic acids is 1. The molecule has 0 saturated carbocycles. The fraction of sp³-hybridized carbons (Fsp3) is 0.184. The Morgan fingerprint density at radius 3 is 1.52 bits per heavy atom. The monoisotopic (exact) mass is 554 g/mol. The maximum Gasteiger partial charge on any atom is 0.306 e. The predicted octanol–water partition coefficient (Wildman–Crippen LogP) is 7.35. The number of hydrogen-bond donors (Lipinski definition) is 1. The Hall–Kier alpha value is -4.51. The molecule has 0 fully saturated rings. The highest BCUT2D eigenvalue weighted by molar-refractivity contribution is 5.79. The average Bonchev–Trinajstić information content (AvgIpc) is 3.38.